The predicted molar refractivity (Wildman–Crippen MR) is 97.0 cm³/mol. The molecule has 1 aromatic carbocycles. The highest BCUT2D eigenvalue weighted by Crippen LogP contribution is 2.38. The number of alkyl halides is 3. The van der Waals surface area contributed by atoms with Gasteiger partial charge in [-0.25, -0.2) is 14.4 Å². The monoisotopic (exact) mass is 442 g/mol. The van der Waals surface area contributed by atoms with E-state index in [1.54, 1.807) is 0 Å². The molecule has 2 heterocycles. The summed E-state index contributed by atoms with van der Waals surface area (Å²) in [5.74, 6) is -2.68. The van der Waals surface area contributed by atoms with E-state index in [9.17, 15) is 30.8 Å². The van der Waals surface area contributed by atoms with Gasteiger partial charge in [0, 0.05) is 42.0 Å². The minimum atomic E-state index is -4.67. The lowest BCUT2D eigenvalue weighted by atomic mass is 10.0. The van der Waals surface area contributed by atoms with Crippen molar-refractivity contribution in [1.29, 1.82) is 0 Å². The highest BCUT2D eigenvalue weighted by molar-refractivity contribution is 7.73. The number of nitrogens with one attached hydrogen (secondary N) is 2. The first-order chi connectivity index (χ1) is 14.1. The third kappa shape index (κ3) is 3.92. The summed E-state index contributed by atoms with van der Waals surface area (Å²) in [7, 11) is -2.49. The van der Waals surface area contributed by atoms with Crippen molar-refractivity contribution >= 4 is 21.1 Å². The van der Waals surface area contributed by atoms with Crippen molar-refractivity contribution < 1.29 is 30.8 Å². The van der Waals surface area contributed by atoms with Crippen LogP contribution in [0.25, 0.3) is 11.1 Å². The molecular formula is C18H14F4N4O3S. The molecule has 3 atom stereocenters. The Hall–Kier alpha value is -2.86. The van der Waals surface area contributed by atoms with E-state index >= 15 is 0 Å². The molecule has 1 amide bonds. The Balaban J connectivity index is 1.49. The van der Waals surface area contributed by atoms with E-state index in [-0.39, 0.29) is 34.5 Å². The zero-order valence-electron chi connectivity index (χ0n) is 15.1. The molecule has 1 aliphatic carbocycles. The molecule has 158 valence electrons. The average molecular weight is 442 g/mol. The number of carbonyl (C=O) groups excluding carboxylic acids is 1. The molecule has 2 fully saturated rings. The fourth-order valence-corrected chi connectivity index (χ4v) is 4.30. The second kappa shape index (κ2) is 7.43. The lowest BCUT2D eigenvalue weighted by Gasteiger charge is -2.14. The number of fused-ring (bicyclic) bond motifs is 1. The lowest BCUT2D eigenvalue weighted by molar-refractivity contribution is -0.145. The summed E-state index contributed by atoms with van der Waals surface area (Å²) in [5, 5.41) is 5.42. The number of halogens is 4. The zero-order valence-corrected chi connectivity index (χ0v) is 15.9. The van der Waals surface area contributed by atoms with E-state index in [0.29, 0.717) is 12.0 Å². The molecule has 3 unspecified atom stereocenters. The van der Waals surface area contributed by atoms with Crippen LogP contribution < -0.4 is 10.6 Å². The highest BCUT2D eigenvalue weighted by atomic mass is 32.2. The van der Waals surface area contributed by atoms with Crippen LogP contribution in [-0.4, -0.2) is 41.2 Å². The SMILES string of the molecule is O=C(NCc1cc(-c2cnc(C(F)(F)F)nc2)ccc1F)C1NC2CC2C1=S(=O)=O. The topological polar surface area (TPSA) is 101 Å². The van der Waals surface area contributed by atoms with Gasteiger partial charge in [-0.05, 0) is 24.1 Å². The van der Waals surface area contributed by atoms with Gasteiger partial charge >= 0.3 is 6.18 Å². The zero-order chi connectivity index (χ0) is 21.6. The minimum absolute atomic E-state index is 0.0339. The first kappa shape index (κ1) is 20.4. The standard InChI is InChI=1S/C18H14F4N4O3S/c19-12-2-1-8(10-6-24-17(25-7-10)18(20,21)22)3-9(12)5-23-16(27)14-15(30(28)29)11-4-13(11)26-14/h1-3,6-7,11,13-14,26H,4-5H2,(H,23,27). The average Bonchev–Trinajstić information content (AvgIpc) is 3.35. The summed E-state index contributed by atoms with van der Waals surface area (Å²) in [6.07, 6.45) is -2.05. The van der Waals surface area contributed by atoms with Crippen LogP contribution in [0, 0.1) is 11.7 Å². The number of nitrogens with zero attached hydrogens (tertiary/aromatic N) is 2. The molecule has 4 rings (SSSR count). The van der Waals surface area contributed by atoms with Crippen LogP contribution in [0.1, 0.15) is 17.8 Å². The van der Waals surface area contributed by atoms with Crippen molar-refractivity contribution in [3.63, 3.8) is 0 Å². The molecule has 12 heteroatoms. The Morgan fingerprint density at radius 2 is 1.90 bits per heavy atom. The van der Waals surface area contributed by atoms with Crippen LogP contribution >= 0.6 is 0 Å². The molecule has 1 saturated heterocycles. The van der Waals surface area contributed by atoms with E-state index in [1.165, 1.54) is 12.1 Å². The summed E-state index contributed by atoms with van der Waals surface area (Å²) >= 11 is 0. The maximum Gasteiger partial charge on any atom is 0.451 e. The lowest BCUT2D eigenvalue weighted by Crippen LogP contribution is -2.46. The molecular weight excluding hydrogens is 428 g/mol. The van der Waals surface area contributed by atoms with Gasteiger partial charge < -0.3 is 5.32 Å². The highest BCUT2D eigenvalue weighted by Gasteiger charge is 2.54. The molecule has 0 radical (unpaired) electrons. The molecule has 1 aliphatic heterocycles. The quantitative estimate of drug-likeness (QED) is 0.548. The number of carbonyl (C=O) groups is 1. The first-order valence-electron chi connectivity index (χ1n) is 8.83. The number of rotatable bonds is 4. The number of hydrogen-bond donors (Lipinski definition) is 2. The van der Waals surface area contributed by atoms with Crippen molar-refractivity contribution in [1.82, 2.24) is 20.6 Å². The summed E-state index contributed by atoms with van der Waals surface area (Å²) in [5.41, 5.74) is 0.682. The van der Waals surface area contributed by atoms with Crippen LogP contribution in [-0.2, 0) is 27.8 Å². The van der Waals surface area contributed by atoms with E-state index in [4.69, 9.17) is 0 Å². The molecule has 0 bridgehead atoms. The van der Waals surface area contributed by atoms with Gasteiger partial charge in [-0.2, -0.15) is 21.6 Å². The molecule has 1 aromatic heterocycles. The number of benzene rings is 1. The third-order valence-electron chi connectivity index (χ3n) is 5.01. The van der Waals surface area contributed by atoms with Crippen molar-refractivity contribution in [2.75, 3.05) is 0 Å². The van der Waals surface area contributed by atoms with Gasteiger partial charge in [0.15, 0.2) is 0 Å². The fourth-order valence-electron chi connectivity index (χ4n) is 3.43. The predicted octanol–water partition coefficient (Wildman–Crippen LogP) is 1.33. The Morgan fingerprint density at radius 3 is 2.53 bits per heavy atom. The molecule has 1 saturated carbocycles. The molecule has 2 aliphatic rings. The van der Waals surface area contributed by atoms with Crippen molar-refractivity contribution in [3.8, 4) is 11.1 Å². The third-order valence-corrected chi connectivity index (χ3v) is 5.94. The maximum atomic E-state index is 14.2. The number of aromatic nitrogens is 2. The fraction of sp³-hybridized carbons (Fsp3) is 0.333. The molecule has 2 aromatic rings. The maximum absolute atomic E-state index is 14.2. The van der Waals surface area contributed by atoms with E-state index < -0.39 is 40.1 Å². The summed E-state index contributed by atoms with van der Waals surface area (Å²) in [6.45, 7) is -0.230. The molecule has 0 spiro atoms. The van der Waals surface area contributed by atoms with Crippen molar-refractivity contribution in [2.24, 2.45) is 5.92 Å². The normalized spacial score (nSPS) is 22.5. The number of piperidine rings is 1. The Bertz CT molecular complexity index is 1140. The second-order valence-electron chi connectivity index (χ2n) is 7.00. The Morgan fingerprint density at radius 1 is 1.20 bits per heavy atom. The van der Waals surface area contributed by atoms with Crippen LogP contribution in [0.3, 0.4) is 0 Å². The summed E-state index contributed by atoms with van der Waals surface area (Å²) in [6, 6.07) is 2.81. The van der Waals surface area contributed by atoms with Gasteiger partial charge in [-0.3, -0.25) is 10.1 Å². The van der Waals surface area contributed by atoms with E-state index in [0.717, 1.165) is 18.5 Å². The van der Waals surface area contributed by atoms with Gasteiger partial charge in [0.05, 0.1) is 4.86 Å². The summed E-state index contributed by atoms with van der Waals surface area (Å²) < 4.78 is 74.7. The van der Waals surface area contributed by atoms with Gasteiger partial charge in [-0.1, -0.05) is 6.07 Å². The van der Waals surface area contributed by atoms with E-state index in [2.05, 4.69) is 20.6 Å². The summed E-state index contributed by atoms with van der Waals surface area (Å²) in [4.78, 5) is 19.0. The molecule has 2 N–H and O–H groups in total. The van der Waals surface area contributed by atoms with Crippen LogP contribution in [0.2, 0.25) is 0 Å². The van der Waals surface area contributed by atoms with Gasteiger partial charge in [0.25, 0.3) is 0 Å². The number of hydrogen-bond acceptors (Lipinski definition) is 6. The molecule has 30 heavy (non-hydrogen) atoms. The smallest absolute Gasteiger partial charge is 0.350 e. The van der Waals surface area contributed by atoms with Crippen LogP contribution in [0.15, 0.2) is 30.6 Å². The van der Waals surface area contributed by atoms with Crippen molar-refractivity contribution in [3.05, 3.63) is 47.8 Å². The van der Waals surface area contributed by atoms with Crippen LogP contribution in [0.4, 0.5) is 17.6 Å². The van der Waals surface area contributed by atoms with Crippen LogP contribution in [0.5, 0.6) is 0 Å². The van der Waals surface area contributed by atoms with E-state index in [1.807, 2.05) is 0 Å². The van der Waals surface area contributed by atoms with Gasteiger partial charge in [-0.15, -0.1) is 0 Å². The largest absolute Gasteiger partial charge is 0.451 e. The van der Waals surface area contributed by atoms with Crippen molar-refractivity contribution in [2.45, 2.75) is 31.2 Å². The van der Waals surface area contributed by atoms with Gasteiger partial charge in [0.2, 0.25) is 22.0 Å². The van der Waals surface area contributed by atoms with Gasteiger partial charge in [0.1, 0.15) is 11.9 Å². The Kier molecular flexibility index (Phi) is 5.06. The first-order valence-corrected chi connectivity index (χ1v) is 9.90. The molecule has 7 nitrogen and oxygen atoms in total. The minimum Gasteiger partial charge on any atom is -0.350 e. The Labute approximate surface area is 169 Å². The number of amides is 1. The second-order valence-corrected chi connectivity index (χ2v) is 7.94.